The Bertz CT molecular complexity index is 869. The average molecular weight is 294 g/mol. The monoisotopic (exact) mass is 294 g/mol. The molecule has 0 aliphatic carbocycles. The summed E-state index contributed by atoms with van der Waals surface area (Å²) in [6.45, 7) is 4.11. The molecular weight excluding hydrogens is 280 g/mol. The molecule has 0 unspecified atom stereocenters. The standard InChI is InChI=1S/C15H14N6O/c1-3-13-9(2)12-6-11(4-5-14(12)22-13)17-8-10(7-16)15-18-20-21-19-15/h4-6,8,17H,3H2,1-2H3,(H,18,19,20,21). The summed E-state index contributed by atoms with van der Waals surface area (Å²) in [6, 6.07) is 7.84. The summed E-state index contributed by atoms with van der Waals surface area (Å²) >= 11 is 0. The van der Waals surface area contributed by atoms with E-state index in [0.29, 0.717) is 5.57 Å². The highest BCUT2D eigenvalue weighted by atomic mass is 16.3. The summed E-state index contributed by atoms with van der Waals surface area (Å²) in [4.78, 5) is 0. The van der Waals surface area contributed by atoms with Crippen LogP contribution < -0.4 is 5.32 Å². The van der Waals surface area contributed by atoms with E-state index in [-0.39, 0.29) is 5.82 Å². The number of furan rings is 1. The Kier molecular flexibility index (Phi) is 3.58. The van der Waals surface area contributed by atoms with Crippen LogP contribution in [0.3, 0.4) is 0 Å². The van der Waals surface area contributed by atoms with Gasteiger partial charge in [0.2, 0.25) is 5.82 Å². The van der Waals surface area contributed by atoms with E-state index in [4.69, 9.17) is 9.68 Å². The molecule has 7 nitrogen and oxygen atoms in total. The number of fused-ring (bicyclic) bond motifs is 1. The van der Waals surface area contributed by atoms with Crippen molar-refractivity contribution < 1.29 is 4.42 Å². The van der Waals surface area contributed by atoms with Crippen LogP contribution in [0.4, 0.5) is 5.69 Å². The number of aromatic nitrogens is 4. The van der Waals surface area contributed by atoms with Crippen molar-refractivity contribution in [2.75, 3.05) is 5.32 Å². The number of hydrogen-bond acceptors (Lipinski definition) is 6. The Labute approximate surface area is 126 Å². The predicted octanol–water partition coefficient (Wildman–Crippen LogP) is 2.79. The molecule has 0 saturated heterocycles. The molecule has 110 valence electrons. The predicted molar refractivity (Wildman–Crippen MR) is 81.7 cm³/mol. The van der Waals surface area contributed by atoms with Gasteiger partial charge in [0.15, 0.2) is 0 Å². The third-order valence-electron chi connectivity index (χ3n) is 3.45. The van der Waals surface area contributed by atoms with Crippen LogP contribution >= 0.6 is 0 Å². The first-order chi connectivity index (χ1) is 10.7. The topological polar surface area (TPSA) is 103 Å². The van der Waals surface area contributed by atoms with Crippen LogP contribution in [0.15, 0.2) is 28.8 Å². The quantitative estimate of drug-likeness (QED) is 0.717. The van der Waals surface area contributed by atoms with Crippen LogP contribution in [0, 0.1) is 18.3 Å². The second-order valence-corrected chi connectivity index (χ2v) is 4.76. The highest BCUT2D eigenvalue weighted by molar-refractivity contribution is 5.86. The lowest BCUT2D eigenvalue weighted by Crippen LogP contribution is -1.92. The molecular formula is C15H14N6O. The first-order valence-corrected chi connectivity index (χ1v) is 6.85. The Morgan fingerprint density at radius 2 is 2.36 bits per heavy atom. The van der Waals surface area contributed by atoms with Crippen LogP contribution in [-0.4, -0.2) is 20.6 Å². The fraction of sp³-hybridized carbons (Fsp3) is 0.200. The van der Waals surface area contributed by atoms with Gasteiger partial charge in [0.25, 0.3) is 0 Å². The van der Waals surface area contributed by atoms with Crippen LogP contribution in [0.5, 0.6) is 0 Å². The highest BCUT2D eigenvalue weighted by Gasteiger charge is 2.10. The van der Waals surface area contributed by atoms with Crippen LogP contribution in [-0.2, 0) is 6.42 Å². The largest absolute Gasteiger partial charge is 0.461 e. The zero-order valence-corrected chi connectivity index (χ0v) is 12.2. The lowest BCUT2D eigenvalue weighted by atomic mass is 10.1. The Morgan fingerprint density at radius 3 is 3.05 bits per heavy atom. The third-order valence-corrected chi connectivity index (χ3v) is 3.45. The molecule has 0 aliphatic heterocycles. The summed E-state index contributed by atoms with van der Waals surface area (Å²) in [5.41, 5.74) is 3.16. The number of rotatable bonds is 4. The van der Waals surface area contributed by atoms with Crippen molar-refractivity contribution in [3.8, 4) is 6.07 Å². The summed E-state index contributed by atoms with van der Waals surface area (Å²) in [5.74, 6) is 1.25. The van der Waals surface area contributed by atoms with E-state index in [1.807, 2.05) is 31.2 Å². The second kappa shape index (κ2) is 5.69. The molecule has 2 heterocycles. The van der Waals surface area contributed by atoms with E-state index in [1.54, 1.807) is 6.20 Å². The molecule has 2 N–H and O–H groups in total. The maximum absolute atomic E-state index is 9.13. The Balaban J connectivity index is 1.91. The zero-order valence-electron chi connectivity index (χ0n) is 12.2. The Hall–Kier alpha value is -3.14. The van der Waals surface area contributed by atoms with E-state index < -0.39 is 0 Å². The van der Waals surface area contributed by atoms with Crippen LogP contribution in [0.25, 0.3) is 16.5 Å². The lowest BCUT2D eigenvalue weighted by molar-refractivity contribution is 0.553. The van der Waals surface area contributed by atoms with Gasteiger partial charge >= 0.3 is 0 Å². The summed E-state index contributed by atoms with van der Waals surface area (Å²) in [6.07, 6.45) is 2.42. The fourth-order valence-electron chi connectivity index (χ4n) is 2.28. The van der Waals surface area contributed by atoms with Crippen LogP contribution in [0.2, 0.25) is 0 Å². The maximum atomic E-state index is 9.13. The number of nitrogens with one attached hydrogen (secondary N) is 2. The smallest absolute Gasteiger partial charge is 0.216 e. The summed E-state index contributed by atoms with van der Waals surface area (Å²) < 4.78 is 5.78. The first kappa shape index (κ1) is 13.8. The number of aromatic amines is 1. The van der Waals surface area contributed by atoms with Gasteiger partial charge in [0.1, 0.15) is 23.0 Å². The molecule has 22 heavy (non-hydrogen) atoms. The number of nitrogens with zero attached hydrogens (tertiary/aromatic N) is 4. The van der Waals surface area contributed by atoms with Crippen molar-refractivity contribution in [3.63, 3.8) is 0 Å². The Morgan fingerprint density at radius 1 is 1.50 bits per heavy atom. The van der Waals surface area contributed by atoms with Gasteiger partial charge in [-0.3, -0.25) is 0 Å². The van der Waals surface area contributed by atoms with Crippen molar-refractivity contribution in [1.82, 2.24) is 20.6 Å². The second-order valence-electron chi connectivity index (χ2n) is 4.76. The summed E-state index contributed by atoms with van der Waals surface area (Å²) in [5, 5.41) is 26.6. The molecule has 1 aromatic carbocycles. The number of hydrogen-bond donors (Lipinski definition) is 2. The molecule has 0 spiro atoms. The number of allylic oxidation sites excluding steroid dienone is 1. The number of tetrazole rings is 1. The molecule has 0 fully saturated rings. The van der Waals surface area contributed by atoms with Crippen LogP contribution in [0.1, 0.15) is 24.1 Å². The third kappa shape index (κ3) is 2.42. The van der Waals surface area contributed by atoms with Crippen molar-refractivity contribution in [2.45, 2.75) is 20.3 Å². The van der Waals surface area contributed by atoms with Gasteiger partial charge in [-0.05, 0) is 35.9 Å². The summed E-state index contributed by atoms with van der Waals surface area (Å²) in [7, 11) is 0. The minimum absolute atomic E-state index is 0.254. The molecule has 0 radical (unpaired) electrons. The number of nitriles is 1. The van der Waals surface area contributed by atoms with E-state index in [9.17, 15) is 0 Å². The molecule has 7 heteroatoms. The van der Waals surface area contributed by atoms with E-state index >= 15 is 0 Å². The van der Waals surface area contributed by atoms with Crippen molar-refractivity contribution in [1.29, 1.82) is 5.26 Å². The normalized spacial score (nSPS) is 11.6. The number of H-pyrrole nitrogens is 1. The molecule has 3 aromatic rings. The van der Waals surface area contributed by atoms with Gasteiger partial charge in [0.05, 0.1) is 0 Å². The minimum Gasteiger partial charge on any atom is -0.461 e. The molecule has 0 bridgehead atoms. The zero-order chi connectivity index (χ0) is 15.5. The van der Waals surface area contributed by atoms with Crippen molar-refractivity contribution in [2.24, 2.45) is 0 Å². The van der Waals surface area contributed by atoms with Crippen molar-refractivity contribution >= 4 is 22.2 Å². The number of anilines is 1. The number of aryl methyl sites for hydroxylation is 2. The van der Waals surface area contributed by atoms with Gasteiger partial charge in [-0.1, -0.05) is 6.92 Å². The molecule has 0 amide bonds. The van der Waals surface area contributed by atoms with Gasteiger partial charge in [0, 0.05) is 23.7 Å². The highest BCUT2D eigenvalue weighted by Crippen LogP contribution is 2.28. The first-order valence-electron chi connectivity index (χ1n) is 6.85. The molecule has 0 aliphatic rings. The molecule has 0 saturated carbocycles. The minimum atomic E-state index is 0.254. The van der Waals surface area contributed by atoms with Crippen molar-refractivity contribution in [3.05, 3.63) is 41.5 Å². The van der Waals surface area contributed by atoms with E-state index in [0.717, 1.165) is 34.4 Å². The maximum Gasteiger partial charge on any atom is 0.216 e. The lowest BCUT2D eigenvalue weighted by Gasteiger charge is -2.01. The van der Waals surface area contributed by atoms with Gasteiger partial charge in [-0.15, -0.1) is 10.2 Å². The fourth-order valence-corrected chi connectivity index (χ4v) is 2.28. The SMILES string of the molecule is CCc1oc2ccc(NC=C(C#N)c3nn[nH]n3)cc2c1C. The van der Waals surface area contributed by atoms with E-state index in [1.165, 1.54) is 0 Å². The van der Waals surface area contributed by atoms with Gasteiger partial charge in [-0.25, -0.2) is 0 Å². The molecule has 0 atom stereocenters. The molecule has 3 rings (SSSR count). The molecule has 2 aromatic heterocycles. The number of benzene rings is 1. The average Bonchev–Trinajstić information content (AvgIpc) is 3.17. The van der Waals surface area contributed by atoms with E-state index in [2.05, 4.69) is 32.9 Å². The van der Waals surface area contributed by atoms with Gasteiger partial charge < -0.3 is 9.73 Å². The van der Waals surface area contributed by atoms with Gasteiger partial charge in [-0.2, -0.15) is 10.5 Å².